The number of para-hydroxylation sites is 2. The van der Waals surface area contributed by atoms with E-state index in [1.807, 2.05) is 80.6 Å². The molecule has 0 fully saturated rings. The van der Waals surface area contributed by atoms with E-state index in [0.717, 1.165) is 41.5 Å². The largest absolute Gasteiger partial charge is 0.491 e. The molecule has 3 rings (SSSR count). The molecule has 0 aromatic heterocycles. The van der Waals surface area contributed by atoms with Gasteiger partial charge in [0.25, 0.3) is 0 Å². The van der Waals surface area contributed by atoms with Crippen molar-refractivity contribution in [1.82, 2.24) is 0 Å². The van der Waals surface area contributed by atoms with Crippen LogP contribution in [0.3, 0.4) is 0 Å². The minimum absolute atomic E-state index is 0.187. The van der Waals surface area contributed by atoms with Gasteiger partial charge in [-0.25, -0.2) is 0 Å². The maximum atomic E-state index is 5.99. The van der Waals surface area contributed by atoms with E-state index >= 15 is 0 Å². The first-order valence-electron chi connectivity index (χ1n) is 9.71. The standard InChI is InChI=1S/C24H28N2O2/c1-19(2)28-22-14-12-21(13-15-22)25-16-17-26-23-10-6-7-11-24(23)27-18-20-8-4-3-5-9-20/h3-15,19,25-26H,16-18H2,1-2H3. The SMILES string of the molecule is CC(C)Oc1ccc(NCCNc2ccccc2OCc2ccccc2)cc1. The first-order chi connectivity index (χ1) is 13.7. The Hall–Kier alpha value is -3.14. The average molecular weight is 377 g/mol. The maximum absolute atomic E-state index is 5.99. The molecule has 0 radical (unpaired) electrons. The molecule has 0 heterocycles. The van der Waals surface area contributed by atoms with Gasteiger partial charge in [-0.05, 0) is 55.8 Å². The summed E-state index contributed by atoms with van der Waals surface area (Å²) in [6.45, 7) is 6.20. The van der Waals surface area contributed by atoms with Crippen molar-refractivity contribution in [3.63, 3.8) is 0 Å². The second-order valence-electron chi connectivity index (χ2n) is 6.81. The summed E-state index contributed by atoms with van der Waals surface area (Å²) in [6.07, 6.45) is 0.187. The van der Waals surface area contributed by atoms with Crippen LogP contribution in [-0.4, -0.2) is 19.2 Å². The number of ether oxygens (including phenoxy) is 2. The van der Waals surface area contributed by atoms with Crippen LogP contribution in [0.4, 0.5) is 11.4 Å². The Bertz CT molecular complexity index is 833. The van der Waals surface area contributed by atoms with Gasteiger partial charge in [-0.2, -0.15) is 0 Å². The van der Waals surface area contributed by atoms with Gasteiger partial charge in [-0.1, -0.05) is 42.5 Å². The van der Waals surface area contributed by atoms with Crippen LogP contribution in [0.15, 0.2) is 78.9 Å². The number of anilines is 2. The summed E-state index contributed by atoms with van der Waals surface area (Å²) in [4.78, 5) is 0. The highest BCUT2D eigenvalue weighted by atomic mass is 16.5. The number of rotatable bonds is 10. The maximum Gasteiger partial charge on any atom is 0.142 e. The lowest BCUT2D eigenvalue weighted by atomic mass is 10.2. The smallest absolute Gasteiger partial charge is 0.142 e. The third-order valence-electron chi connectivity index (χ3n) is 4.12. The van der Waals surface area contributed by atoms with E-state index in [9.17, 15) is 0 Å². The molecular formula is C24H28N2O2. The fourth-order valence-electron chi connectivity index (χ4n) is 2.80. The monoisotopic (exact) mass is 376 g/mol. The molecule has 0 unspecified atom stereocenters. The fraction of sp³-hybridized carbons (Fsp3) is 0.250. The van der Waals surface area contributed by atoms with Crippen LogP contribution >= 0.6 is 0 Å². The van der Waals surface area contributed by atoms with Crippen molar-refractivity contribution in [2.45, 2.75) is 26.6 Å². The summed E-state index contributed by atoms with van der Waals surface area (Å²) in [5, 5.41) is 6.86. The Balaban J connectivity index is 1.46. The lowest BCUT2D eigenvalue weighted by molar-refractivity contribution is 0.242. The van der Waals surface area contributed by atoms with Crippen LogP contribution in [0.1, 0.15) is 19.4 Å². The molecule has 28 heavy (non-hydrogen) atoms. The van der Waals surface area contributed by atoms with Gasteiger partial charge in [0.2, 0.25) is 0 Å². The molecule has 4 heteroatoms. The molecule has 4 nitrogen and oxygen atoms in total. The molecule has 0 aliphatic carbocycles. The molecule has 0 saturated heterocycles. The fourth-order valence-corrected chi connectivity index (χ4v) is 2.80. The van der Waals surface area contributed by atoms with Crippen molar-refractivity contribution in [1.29, 1.82) is 0 Å². The predicted octanol–water partition coefficient (Wildman–Crippen LogP) is 5.58. The summed E-state index contributed by atoms with van der Waals surface area (Å²) in [5.41, 5.74) is 3.23. The Morgan fingerprint density at radius 3 is 2.18 bits per heavy atom. The van der Waals surface area contributed by atoms with Gasteiger partial charge in [-0.15, -0.1) is 0 Å². The second kappa shape index (κ2) is 10.3. The van der Waals surface area contributed by atoms with Crippen molar-refractivity contribution in [3.05, 3.63) is 84.4 Å². The third kappa shape index (κ3) is 6.23. The number of nitrogens with one attached hydrogen (secondary N) is 2. The molecular weight excluding hydrogens is 348 g/mol. The first kappa shape index (κ1) is 19.6. The average Bonchev–Trinajstić information content (AvgIpc) is 2.72. The summed E-state index contributed by atoms with van der Waals surface area (Å²) < 4.78 is 11.7. The normalized spacial score (nSPS) is 10.5. The van der Waals surface area contributed by atoms with Gasteiger partial charge in [0, 0.05) is 18.8 Å². The Labute approximate surface area is 167 Å². The van der Waals surface area contributed by atoms with Crippen LogP contribution < -0.4 is 20.1 Å². The molecule has 0 aliphatic rings. The van der Waals surface area contributed by atoms with E-state index in [4.69, 9.17) is 9.47 Å². The van der Waals surface area contributed by atoms with E-state index in [1.54, 1.807) is 0 Å². The zero-order valence-electron chi connectivity index (χ0n) is 16.5. The minimum atomic E-state index is 0.187. The summed E-state index contributed by atoms with van der Waals surface area (Å²) in [5.74, 6) is 1.75. The second-order valence-corrected chi connectivity index (χ2v) is 6.81. The Morgan fingerprint density at radius 2 is 1.43 bits per heavy atom. The Kier molecular flexibility index (Phi) is 7.19. The van der Waals surface area contributed by atoms with Crippen LogP contribution in [-0.2, 0) is 6.61 Å². The quantitative estimate of drug-likeness (QED) is 0.454. The lowest BCUT2D eigenvalue weighted by Crippen LogP contribution is -2.14. The van der Waals surface area contributed by atoms with Crippen LogP contribution in [0.2, 0.25) is 0 Å². The van der Waals surface area contributed by atoms with Gasteiger partial charge < -0.3 is 20.1 Å². The number of hydrogen-bond donors (Lipinski definition) is 2. The molecule has 0 atom stereocenters. The highest BCUT2D eigenvalue weighted by Crippen LogP contribution is 2.24. The van der Waals surface area contributed by atoms with E-state index in [2.05, 4.69) is 22.8 Å². The minimum Gasteiger partial charge on any atom is -0.491 e. The van der Waals surface area contributed by atoms with Crippen LogP contribution in [0.25, 0.3) is 0 Å². The van der Waals surface area contributed by atoms with Gasteiger partial charge in [0.15, 0.2) is 0 Å². The van der Waals surface area contributed by atoms with Gasteiger partial charge >= 0.3 is 0 Å². The summed E-state index contributed by atoms with van der Waals surface area (Å²) >= 11 is 0. The van der Waals surface area contributed by atoms with Crippen LogP contribution in [0, 0.1) is 0 Å². The predicted molar refractivity (Wildman–Crippen MR) is 116 cm³/mol. The van der Waals surface area contributed by atoms with Crippen molar-refractivity contribution in [2.75, 3.05) is 23.7 Å². The highest BCUT2D eigenvalue weighted by Gasteiger charge is 2.03. The van der Waals surface area contributed by atoms with Crippen molar-refractivity contribution in [3.8, 4) is 11.5 Å². The van der Waals surface area contributed by atoms with Gasteiger partial charge in [0.1, 0.15) is 18.1 Å². The molecule has 3 aromatic rings. The van der Waals surface area contributed by atoms with Crippen molar-refractivity contribution < 1.29 is 9.47 Å². The molecule has 0 amide bonds. The van der Waals surface area contributed by atoms with Crippen molar-refractivity contribution in [2.24, 2.45) is 0 Å². The molecule has 3 aromatic carbocycles. The first-order valence-corrected chi connectivity index (χ1v) is 9.71. The summed E-state index contributed by atoms with van der Waals surface area (Å²) in [6, 6.07) is 26.3. The topological polar surface area (TPSA) is 42.5 Å². The third-order valence-corrected chi connectivity index (χ3v) is 4.12. The zero-order chi connectivity index (χ0) is 19.6. The van der Waals surface area contributed by atoms with Crippen LogP contribution in [0.5, 0.6) is 11.5 Å². The molecule has 146 valence electrons. The van der Waals surface area contributed by atoms with E-state index < -0.39 is 0 Å². The molecule has 0 aliphatic heterocycles. The Morgan fingerprint density at radius 1 is 0.750 bits per heavy atom. The van der Waals surface area contributed by atoms with E-state index in [1.165, 1.54) is 0 Å². The van der Waals surface area contributed by atoms with E-state index in [0.29, 0.717) is 6.61 Å². The molecule has 0 spiro atoms. The molecule has 2 N–H and O–H groups in total. The van der Waals surface area contributed by atoms with Gasteiger partial charge in [-0.3, -0.25) is 0 Å². The highest BCUT2D eigenvalue weighted by molar-refractivity contribution is 5.56. The zero-order valence-corrected chi connectivity index (χ0v) is 16.5. The summed E-state index contributed by atoms with van der Waals surface area (Å²) in [7, 11) is 0. The van der Waals surface area contributed by atoms with E-state index in [-0.39, 0.29) is 6.10 Å². The van der Waals surface area contributed by atoms with Gasteiger partial charge in [0.05, 0.1) is 11.8 Å². The van der Waals surface area contributed by atoms with Crippen molar-refractivity contribution >= 4 is 11.4 Å². The lowest BCUT2D eigenvalue weighted by Gasteiger charge is -2.14. The number of benzene rings is 3. The number of hydrogen-bond acceptors (Lipinski definition) is 4. The molecule has 0 bridgehead atoms. The molecule has 0 saturated carbocycles.